The molecular formula is C20H21ClN2O4. The molecule has 0 spiro atoms. The molecule has 2 amide bonds. The summed E-state index contributed by atoms with van der Waals surface area (Å²) < 4.78 is 5.56. The molecule has 0 saturated heterocycles. The quantitative estimate of drug-likeness (QED) is 0.521. The van der Waals surface area contributed by atoms with Crippen LogP contribution in [0.25, 0.3) is 0 Å². The Hall–Kier alpha value is -2.86. The van der Waals surface area contributed by atoms with Crippen molar-refractivity contribution in [1.82, 2.24) is 0 Å². The van der Waals surface area contributed by atoms with Crippen molar-refractivity contribution >= 4 is 40.6 Å². The fourth-order valence-corrected chi connectivity index (χ4v) is 2.49. The summed E-state index contributed by atoms with van der Waals surface area (Å²) in [6, 6.07) is 11.8. The van der Waals surface area contributed by atoms with Gasteiger partial charge in [0.05, 0.1) is 17.3 Å². The summed E-state index contributed by atoms with van der Waals surface area (Å²) in [5.74, 6) is 0.246. The summed E-state index contributed by atoms with van der Waals surface area (Å²) >= 11 is 6.00. The van der Waals surface area contributed by atoms with Gasteiger partial charge in [0, 0.05) is 24.6 Å². The van der Waals surface area contributed by atoms with E-state index in [0.717, 1.165) is 0 Å². The minimum absolute atomic E-state index is 0.00193. The monoisotopic (exact) mass is 388 g/mol. The van der Waals surface area contributed by atoms with Crippen molar-refractivity contribution in [2.75, 3.05) is 17.2 Å². The molecule has 0 saturated carbocycles. The zero-order valence-corrected chi connectivity index (χ0v) is 15.9. The Morgan fingerprint density at radius 3 is 2.33 bits per heavy atom. The van der Waals surface area contributed by atoms with Crippen LogP contribution in [0.1, 0.15) is 37.0 Å². The normalized spacial score (nSPS) is 10.2. The molecule has 2 N–H and O–H groups in total. The average Bonchev–Trinajstić information content (AvgIpc) is 2.61. The highest BCUT2D eigenvalue weighted by Crippen LogP contribution is 2.25. The van der Waals surface area contributed by atoms with Gasteiger partial charge in [0.1, 0.15) is 5.75 Å². The predicted molar refractivity (Wildman–Crippen MR) is 106 cm³/mol. The fourth-order valence-electron chi connectivity index (χ4n) is 2.32. The third kappa shape index (κ3) is 6.75. The van der Waals surface area contributed by atoms with E-state index in [1.54, 1.807) is 42.5 Å². The molecule has 0 unspecified atom stereocenters. The van der Waals surface area contributed by atoms with Crippen LogP contribution in [0, 0.1) is 0 Å². The van der Waals surface area contributed by atoms with Gasteiger partial charge in [-0.2, -0.15) is 0 Å². The maximum Gasteiger partial charge on any atom is 0.224 e. The summed E-state index contributed by atoms with van der Waals surface area (Å²) in [5, 5.41) is 5.76. The molecule has 7 heteroatoms. The largest absolute Gasteiger partial charge is 0.494 e. The van der Waals surface area contributed by atoms with Gasteiger partial charge in [0.25, 0.3) is 0 Å². The first kappa shape index (κ1) is 20.5. The van der Waals surface area contributed by atoms with E-state index in [0.29, 0.717) is 40.7 Å². The summed E-state index contributed by atoms with van der Waals surface area (Å²) in [6.07, 6.45) is 0.816. The van der Waals surface area contributed by atoms with Gasteiger partial charge >= 0.3 is 0 Å². The molecule has 0 heterocycles. The number of nitrogens with one attached hydrogen (secondary N) is 2. The topological polar surface area (TPSA) is 84.5 Å². The van der Waals surface area contributed by atoms with E-state index in [9.17, 15) is 14.4 Å². The molecule has 0 fully saturated rings. The number of carbonyl (C=O) groups excluding carboxylic acids is 3. The van der Waals surface area contributed by atoms with Crippen LogP contribution < -0.4 is 15.4 Å². The van der Waals surface area contributed by atoms with E-state index in [1.165, 1.54) is 13.8 Å². The molecule has 0 aliphatic heterocycles. The van der Waals surface area contributed by atoms with E-state index < -0.39 is 0 Å². The highest BCUT2D eigenvalue weighted by molar-refractivity contribution is 6.33. The highest BCUT2D eigenvalue weighted by Gasteiger charge is 2.07. The number of hydrogen-bond acceptors (Lipinski definition) is 4. The summed E-state index contributed by atoms with van der Waals surface area (Å²) in [6.45, 7) is 3.27. The number of ketones is 1. The van der Waals surface area contributed by atoms with E-state index in [4.69, 9.17) is 16.3 Å². The second-order valence-corrected chi connectivity index (χ2v) is 6.36. The van der Waals surface area contributed by atoms with Crippen LogP contribution in [-0.4, -0.2) is 24.2 Å². The van der Waals surface area contributed by atoms with Crippen molar-refractivity contribution in [3.63, 3.8) is 0 Å². The van der Waals surface area contributed by atoms with Crippen LogP contribution in [0.5, 0.6) is 5.75 Å². The molecule has 0 bridgehead atoms. The van der Waals surface area contributed by atoms with Gasteiger partial charge in [-0.25, -0.2) is 0 Å². The minimum Gasteiger partial charge on any atom is -0.494 e. The maximum absolute atomic E-state index is 12.0. The molecule has 0 aromatic heterocycles. The summed E-state index contributed by atoms with van der Waals surface area (Å²) in [5.41, 5.74) is 1.62. The Labute approximate surface area is 162 Å². The third-order valence-corrected chi connectivity index (χ3v) is 3.97. The van der Waals surface area contributed by atoms with E-state index >= 15 is 0 Å². The number of hydrogen-bond donors (Lipinski definition) is 2. The number of anilines is 2. The van der Waals surface area contributed by atoms with Gasteiger partial charge in [0.15, 0.2) is 5.78 Å². The molecule has 0 aliphatic carbocycles. The SMILES string of the molecule is CC(=O)Nc1cc(NC(=O)CCCOc2ccc(C(C)=O)cc2)ccc1Cl. The molecule has 0 aliphatic rings. The first-order valence-electron chi connectivity index (χ1n) is 8.46. The zero-order chi connectivity index (χ0) is 19.8. The Morgan fingerprint density at radius 1 is 1.00 bits per heavy atom. The van der Waals surface area contributed by atoms with Gasteiger partial charge in [0.2, 0.25) is 11.8 Å². The molecule has 6 nitrogen and oxygen atoms in total. The molecule has 2 aromatic rings. The van der Waals surface area contributed by atoms with Crippen LogP contribution in [0.15, 0.2) is 42.5 Å². The Morgan fingerprint density at radius 2 is 1.70 bits per heavy atom. The Balaban J connectivity index is 1.77. The fraction of sp³-hybridized carbons (Fsp3) is 0.250. The number of rotatable bonds is 8. The number of halogens is 1. The molecule has 2 aromatic carbocycles. The molecule has 0 atom stereocenters. The first-order chi connectivity index (χ1) is 12.8. The molecular weight excluding hydrogens is 368 g/mol. The van der Waals surface area contributed by atoms with Crippen LogP contribution in [-0.2, 0) is 9.59 Å². The summed E-state index contributed by atoms with van der Waals surface area (Å²) in [4.78, 5) is 34.4. The van der Waals surface area contributed by atoms with Crippen LogP contribution in [0.3, 0.4) is 0 Å². The van der Waals surface area contributed by atoms with E-state index in [2.05, 4.69) is 10.6 Å². The van der Waals surface area contributed by atoms with Gasteiger partial charge < -0.3 is 15.4 Å². The van der Waals surface area contributed by atoms with Gasteiger partial charge in [-0.15, -0.1) is 0 Å². The molecule has 2 rings (SSSR count). The van der Waals surface area contributed by atoms with Crippen molar-refractivity contribution in [2.24, 2.45) is 0 Å². The summed E-state index contributed by atoms with van der Waals surface area (Å²) in [7, 11) is 0. The minimum atomic E-state index is -0.242. The van der Waals surface area contributed by atoms with Crippen molar-refractivity contribution in [3.05, 3.63) is 53.1 Å². The lowest BCUT2D eigenvalue weighted by Crippen LogP contribution is -2.13. The van der Waals surface area contributed by atoms with E-state index in [1.807, 2.05) is 0 Å². The smallest absolute Gasteiger partial charge is 0.224 e. The Bertz CT molecular complexity index is 834. The molecule has 0 radical (unpaired) electrons. The highest BCUT2D eigenvalue weighted by atomic mass is 35.5. The second kappa shape index (κ2) is 9.73. The second-order valence-electron chi connectivity index (χ2n) is 5.96. The zero-order valence-electron chi connectivity index (χ0n) is 15.2. The number of amides is 2. The molecule has 27 heavy (non-hydrogen) atoms. The lowest BCUT2D eigenvalue weighted by molar-refractivity contribution is -0.116. The van der Waals surface area contributed by atoms with Crippen molar-refractivity contribution in [2.45, 2.75) is 26.7 Å². The van der Waals surface area contributed by atoms with Crippen LogP contribution >= 0.6 is 11.6 Å². The standard InChI is InChI=1S/C20H21ClN2O4/c1-13(24)15-5-8-17(9-6-15)27-11-3-4-20(26)23-16-7-10-18(21)19(12-16)22-14(2)25/h5-10,12H,3-4,11H2,1-2H3,(H,22,25)(H,23,26). The van der Waals surface area contributed by atoms with Crippen LogP contribution in [0.4, 0.5) is 11.4 Å². The van der Waals surface area contributed by atoms with Gasteiger partial charge in [-0.1, -0.05) is 11.6 Å². The predicted octanol–water partition coefficient (Wildman–Crippen LogP) is 4.30. The molecule has 142 valence electrons. The lowest BCUT2D eigenvalue weighted by Gasteiger charge is -2.10. The number of benzene rings is 2. The van der Waals surface area contributed by atoms with Crippen molar-refractivity contribution < 1.29 is 19.1 Å². The number of ether oxygens (including phenoxy) is 1. The number of carbonyl (C=O) groups is 3. The third-order valence-electron chi connectivity index (χ3n) is 3.64. The van der Waals surface area contributed by atoms with Crippen LogP contribution in [0.2, 0.25) is 5.02 Å². The van der Waals surface area contributed by atoms with Crippen molar-refractivity contribution in [3.8, 4) is 5.75 Å². The maximum atomic E-state index is 12.0. The number of Topliss-reactive ketones (excluding diaryl/α,β-unsaturated/α-hetero) is 1. The van der Waals surface area contributed by atoms with E-state index in [-0.39, 0.29) is 24.0 Å². The van der Waals surface area contributed by atoms with Crippen molar-refractivity contribution in [1.29, 1.82) is 0 Å². The lowest BCUT2D eigenvalue weighted by atomic mass is 10.1. The Kier molecular flexibility index (Phi) is 7.37. The average molecular weight is 389 g/mol. The first-order valence-corrected chi connectivity index (χ1v) is 8.84. The van der Waals surface area contributed by atoms with Gasteiger partial charge in [-0.05, 0) is 55.8 Å². The van der Waals surface area contributed by atoms with Gasteiger partial charge in [-0.3, -0.25) is 14.4 Å².